The van der Waals surface area contributed by atoms with E-state index in [1.165, 1.54) is 18.2 Å². The lowest BCUT2D eigenvalue weighted by Gasteiger charge is -2.32. The third-order valence-electron chi connectivity index (χ3n) is 4.94. The van der Waals surface area contributed by atoms with E-state index < -0.39 is 11.9 Å². The number of fused-ring (bicyclic) bond motifs is 1. The SMILES string of the molecule is COC(=O)C1CN(CC2Cc3ccc(OC)cc3C2)CCC1=O.Cl. The highest BCUT2D eigenvalue weighted by molar-refractivity contribution is 5.99. The number of Topliss-reactive ketones (excluding diaryl/α,β-unsaturated/α-hetero) is 1. The van der Waals surface area contributed by atoms with Crippen molar-refractivity contribution in [1.82, 2.24) is 4.90 Å². The van der Waals surface area contributed by atoms with Crippen LogP contribution in [0.1, 0.15) is 17.5 Å². The van der Waals surface area contributed by atoms with Gasteiger partial charge in [-0.05, 0) is 42.0 Å². The second-order valence-corrected chi connectivity index (χ2v) is 6.46. The summed E-state index contributed by atoms with van der Waals surface area (Å²) < 4.78 is 10.0. The second-order valence-electron chi connectivity index (χ2n) is 6.46. The molecule has 5 nitrogen and oxygen atoms in total. The minimum Gasteiger partial charge on any atom is -0.497 e. The number of halogens is 1. The number of carbonyl (C=O) groups is 2. The van der Waals surface area contributed by atoms with Gasteiger partial charge in [0.05, 0.1) is 14.2 Å². The number of methoxy groups -OCH3 is 2. The van der Waals surface area contributed by atoms with Crippen molar-refractivity contribution >= 4 is 24.2 Å². The Labute approximate surface area is 148 Å². The zero-order valence-electron chi connectivity index (χ0n) is 14.1. The highest BCUT2D eigenvalue weighted by Gasteiger charge is 2.35. The first-order chi connectivity index (χ1) is 11.1. The highest BCUT2D eigenvalue weighted by Crippen LogP contribution is 2.31. The van der Waals surface area contributed by atoms with Gasteiger partial charge in [0, 0.05) is 26.1 Å². The predicted octanol–water partition coefficient (Wildman–Crippen LogP) is 1.90. The molecular formula is C18H24ClNO4. The molecule has 2 aliphatic rings. The molecule has 1 aromatic rings. The van der Waals surface area contributed by atoms with Gasteiger partial charge in [0.25, 0.3) is 0 Å². The van der Waals surface area contributed by atoms with Crippen LogP contribution in [0.5, 0.6) is 5.75 Å². The van der Waals surface area contributed by atoms with Crippen LogP contribution in [0, 0.1) is 11.8 Å². The Hall–Kier alpha value is -1.59. The molecule has 0 spiro atoms. The van der Waals surface area contributed by atoms with E-state index in [4.69, 9.17) is 9.47 Å². The quantitative estimate of drug-likeness (QED) is 0.611. The van der Waals surface area contributed by atoms with Crippen molar-refractivity contribution in [3.8, 4) is 5.75 Å². The van der Waals surface area contributed by atoms with Gasteiger partial charge in [-0.15, -0.1) is 12.4 Å². The van der Waals surface area contributed by atoms with Gasteiger partial charge in [0.1, 0.15) is 17.5 Å². The molecule has 1 heterocycles. The van der Waals surface area contributed by atoms with Crippen LogP contribution in [0.25, 0.3) is 0 Å². The standard InChI is InChI=1S/C18H23NO4.ClH/c1-22-15-4-3-13-7-12(8-14(13)9-15)10-19-6-5-17(20)16(11-19)18(21)23-2;/h3-4,9,12,16H,5-8,10-11H2,1-2H3;1H. The maximum Gasteiger partial charge on any atom is 0.317 e. The number of hydrogen-bond acceptors (Lipinski definition) is 5. The Kier molecular flexibility index (Phi) is 6.24. The van der Waals surface area contributed by atoms with Crippen molar-refractivity contribution < 1.29 is 19.1 Å². The summed E-state index contributed by atoms with van der Waals surface area (Å²) >= 11 is 0. The van der Waals surface area contributed by atoms with E-state index >= 15 is 0 Å². The van der Waals surface area contributed by atoms with Crippen LogP contribution in [0.15, 0.2) is 18.2 Å². The number of ketones is 1. The minimum absolute atomic E-state index is 0. The van der Waals surface area contributed by atoms with Crippen LogP contribution in [-0.2, 0) is 27.2 Å². The number of benzene rings is 1. The fraction of sp³-hybridized carbons (Fsp3) is 0.556. The van der Waals surface area contributed by atoms with Crippen molar-refractivity contribution in [2.24, 2.45) is 11.8 Å². The van der Waals surface area contributed by atoms with Gasteiger partial charge in [-0.2, -0.15) is 0 Å². The summed E-state index contributed by atoms with van der Waals surface area (Å²) in [7, 11) is 3.03. The number of hydrogen-bond donors (Lipinski definition) is 0. The van der Waals surface area contributed by atoms with Gasteiger partial charge in [-0.25, -0.2) is 0 Å². The Morgan fingerprint density at radius 1 is 1.25 bits per heavy atom. The normalized spacial score (nSPS) is 23.3. The molecule has 1 saturated heterocycles. The third kappa shape index (κ3) is 3.90. The molecule has 132 valence electrons. The molecule has 1 aliphatic heterocycles. The van der Waals surface area contributed by atoms with Crippen LogP contribution in [0.3, 0.4) is 0 Å². The van der Waals surface area contributed by atoms with E-state index in [2.05, 4.69) is 17.0 Å². The Morgan fingerprint density at radius 3 is 2.71 bits per heavy atom. The smallest absolute Gasteiger partial charge is 0.317 e. The zero-order valence-corrected chi connectivity index (χ0v) is 14.9. The van der Waals surface area contributed by atoms with Crippen molar-refractivity contribution in [1.29, 1.82) is 0 Å². The Morgan fingerprint density at radius 2 is 2.00 bits per heavy atom. The van der Waals surface area contributed by atoms with E-state index in [1.54, 1.807) is 7.11 Å². The Balaban J connectivity index is 0.00000208. The Bertz CT molecular complexity index is 611. The van der Waals surface area contributed by atoms with Crippen molar-refractivity contribution in [3.63, 3.8) is 0 Å². The first-order valence-electron chi connectivity index (χ1n) is 8.09. The number of rotatable bonds is 4. The summed E-state index contributed by atoms with van der Waals surface area (Å²) in [5.41, 5.74) is 2.74. The topological polar surface area (TPSA) is 55.8 Å². The number of esters is 1. The zero-order chi connectivity index (χ0) is 16.4. The van der Waals surface area contributed by atoms with E-state index in [-0.39, 0.29) is 18.2 Å². The highest BCUT2D eigenvalue weighted by atomic mass is 35.5. The van der Waals surface area contributed by atoms with E-state index in [0.717, 1.165) is 31.7 Å². The largest absolute Gasteiger partial charge is 0.497 e. The molecule has 24 heavy (non-hydrogen) atoms. The summed E-state index contributed by atoms with van der Waals surface area (Å²) in [6.07, 6.45) is 2.51. The molecule has 6 heteroatoms. The van der Waals surface area contributed by atoms with Gasteiger partial charge in [0.2, 0.25) is 0 Å². The summed E-state index contributed by atoms with van der Waals surface area (Å²) in [6, 6.07) is 6.27. The van der Waals surface area contributed by atoms with Gasteiger partial charge < -0.3 is 14.4 Å². The molecule has 3 rings (SSSR count). The number of carbonyl (C=O) groups excluding carboxylic acids is 2. The average Bonchev–Trinajstić information content (AvgIpc) is 2.97. The number of ether oxygens (including phenoxy) is 2. The molecule has 1 aliphatic carbocycles. The molecule has 0 saturated carbocycles. The number of piperidine rings is 1. The second kappa shape index (κ2) is 7.99. The van der Waals surface area contributed by atoms with Crippen LogP contribution < -0.4 is 4.74 Å². The van der Waals surface area contributed by atoms with E-state index in [9.17, 15) is 9.59 Å². The van der Waals surface area contributed by atoms with Gasteiger partial charge in [0.15, 0.2) is 0 Å². The van der Waals surface area contributed by atoms with Crippen molar-refractivity contribution in [2.45, 2.75) is 19.3 Å². The van der Waals surface area contributed by atoms with Gasteiger partial charge in [-0.1, -0.05) is 6.07 Å². The molecule has 1 aromatic carbocycles. The molecule has 0 aromatic heterocycles. The lowest BCUT2D eigenvalue weighted by atomic mass is 9.95. The van der Waals surface area contributed by atoms with Gasteiger partial charge >= 0.3 is 5.97 Å². The molecule has 0 bridgehead atoms. The molecule has 1 fully saturated rings. The first-order valence-corrected chi connectivity index (χ1v) is 8.09. The van der Waals surface area contributed by atoms with Crippen LogP contribution in [-0.4, -0.2) is 50.5 Å². The maximum atomic E-state index is 11.9. The van der Waals surface area contributed by atoms with Crippen molar-refractivity contribution in [3.05, 3.63) is 29.3 Å². The molecule has 0 amide bonds. The lowest BCUT2D eigenvalue weighted by molar-refractivity contribution is -0.152. The summed E-state index contributed by atoms with van der Waals surface area (Å²) in [4.78, 5) is 25.8. The molecule has 0 radical (unpaired) electrons. The fourth-order valence-corrected chi connectivity index (χ4v) is 3.71. The lowest BCUT2D eigenvalue weighted by Crippen LogP contribution is -2.46. The molecular weight excluding hydrogens is 330 g/mol. The summed E-state index contributed by atoms with van der Waals surface area (Å²) in [6.45, 7) is 2.14. The average molecular weight is 354 g/mol. The van der Waals surface area contributed by atoms with Crippen LogP contribution >= 0.6 is 12.4 Å². The predicted molar refractivity (Wildman–Crippen MR) is 92.7 cm³/mol. The maximum absolute atomic E-state index is 11.9. The molecule has 0 N–H and O–H groups in total. The van der Waals surface area contributed by atoms with E-state index in [0.29, 0.717) is 18.9 Å². The number of likely N-dealkylation sites (tertiary alicyclic amines) is 1. The number of nitrogens with zero attached hydrogens (tertiary/aromatic N) is 1. The monoisotopic (exact) mass is 353 g/mol. The van der Waals surface area contributed by atoms with Gasteiger partial charge in [-0.3, -0.25) is 9.59 Å². The summed E-state index contributed by atoms with van der Waals surface area (Å²) in [5, 5.41) is 0. The van der Waals surface area contributed by atoms with Crippen molar-refractivity contribution in [2.75, 3.05) is 33.9 Å². The minimum atomic E-state index is -0.613. The van der Waals surface area contributed by atoms with E-state index in [1.807, 2.05) is 6.07 Å². The first kappa shape index (κ1) is 18.7. The third-order valence-corrected chi connectivity index (χ3v) is 4.94. The molecule has 2 atom stereocenters. The molecule has 2 unspecified atom stereocenters. The summed E-state index contributed by atoms with van der Waals surface area (Å²) in [5.74, 6) is 0.423. The fourth-order valence-electron chi connectivity index (χ4n) is 3.71. The van der Waals surface area contributed by atoms with Crippen LogP contribution in [0.2, 0.25) is 0 Å². The van der Waals surface area contributed by atoms with Crippen LogP contribution in [0.4, 0.5) is 0 Å².